The van der Waals surface area contributed by atoms with E-state index in [1.54, 1.807) is 6.33 Å². The van der Waals surface area contributed by atoms with Crippen LogP contribution >= 0.6 is 0 Å². The lowest BCUT2D eigenvalue weighted by Crippen LogP contribution is -2.20. The molecule has 1 atom stereocenters. The normalized spacial score (nSPS) is 12.7. The van der Waals surface area contributed by atoms with E-state index in [4.69, 9.17) is 5.73 Å². The number of nitrogens with zero attached hydrogens (tertiary/aromatic N) is 1. The van der Waals surface area contributed by atoms with Gasteiger partial charge in [-0.15, -0.1) is 0 Å². The average molecular weight is 193 g/mol. The minimum Gasteiger partial charge on any atom is -0.348 e. The van der Waals surface area contributed by atoms with E-state index in [-0.39, 0.29) is 6.04 Å². The number of aryl methyl sites for hydroxylation is 1. The third-order valence-corrected chi connectivity index (χ3v) is 2.40. The number of aromatic amines is 1. The van der Waals surface area contributed by atoms with Gasteiger partial charge in [0.15, 0.2) is 0 Å². The van der Waals surface area contributed by atoms with Gasteiger partial charge in [-0.05, 0) is 26.2 Å². The van der Waals surface area contributed by atoms with E-state index in [1.165, 1.54) is 5.69 Å². The number of hydrogen-bond acceptors (Lipinski definition) is 2. The predicted molar refractivity (Wildman–Crippen MR) is 58.9 cm³/mol. The molecule has 0 saturated carbocycles. The highest BCUT2D eigenvalue weighted by Crippen LogP contribution is 2.08. The average Bonchev–Trinajstić information content (AvgIpc) is 2.64. The molecule has 1 rings (SSSR count). The molecule has 1 unspecified atom stereocenters. The molecule has 1 aromatic rings. The summed E-state index contributed by atoms with van der Waals surface area (Å²) in [6, 6.07) is 0.164. The van der Waals surface area contributed by atoms with Crippen molar-refractivity contribution in [2.24, 2.45) is 5.73 Å². The second-order valence-corrected chi connectivity index (χ2v) is 3.78. The second-order valence-electron chi connectivity index (χ2n) is 3.78. The van der Waals surface area contributed by atoms with Crippen LogP contribution < -0.4 is 5.73 Å². The number of rotatable bonds is 6. The maximum Gasteiger partial charge on any atom is 0.0921 e. The van der Waals surface area contributed by atoms with Crippen molar-refractivity contribution in [3.05, 3.63) is 30.4 Å². The third-order valence-electron chi connectivity index (χ3n) is 2.40. The molecule has 0 spiro atoms. The van der Waals surface area contributed by atoms with Gasteiger partial charge >= 0.3 is 0 Å². The maximum absolute atomic E-state index is 5.86. The third kappa shape index (κ3) is 3.75. The zero-order chi connectivity index (χ0) is 10.4. The Bertz CT molecular complexity index is 264. The van der Waals surface area contributed by atoms with Crippen molar-refractivity contribution < 1.29 is 0 Å². The summed E-state index contributed by atoms with van der Waals surface area (Å²) in [5.74, 6) is 0. The highest BCUT2D eigenvalue weighted by molar-refractivity contribution is 4.99. The molecule has 0 aliphatic rings. The summed E-state index contributed by atoms with van der Waals surface area (Å²) >= 11 is 0. The monoisotopic (exact) mass is 193 g/mol. The lowest BCUT2D eigenvalue weighted by atomic mass is 10.0. The molecule has 0 aliphatic heterocycles. The number of hydrogen-bond donors (Lipinski definition) is 2. The van der Waals surface area contributed by atoms with Crippen molar-refractivity contribution in [1.82, 2.24) is 9.97 Å². The van der Waals surface area contributed by atoms with E-state index >= 15 is 0 Å². The molecule has 0 amide bonds. The molecule has 3 N–H and O–H groups in total. The first-order valence-corrected chi connectivity index (χ1v) is 5.08. The summed E-state index contributed by atoms with van der Waals surface area (Å²) in [5, 5.41) is 0. The summed E-state index contributed by atoms with van der Waals surface area (Å²) in [6.07, 6.45) is 7.98. The van der Waals surface area contributed by atoms with Gasteiger partial charge in [0, 0.05) is 17.9 Å². The van der Waals surface area contributed by atoms with Gasteiger partial charge in [0.1, 0.15) is 0 Å². The Balaban J connectivity index is 2.08. The molecule has 3 nitrogen and oxygen atoms in total. The molecule has 0 aliphatic carbocycles. The first kappa shape index (κ1) is 11.0. The number of imidazole rings is 1. The number of H-pyrrole nitrogens is 1. The summed E-state index contributed by atoms with van der Waals surface area (Å²) in [6.45, 7) is 5.83. The molecule has 1 heterocycles. The van der Waals surface area contributed by atoms with Crippen LogP contribution in [-0.4, -0.2) is 16.0 Å². The van der Waals surface area contributed by atoms with Gasteiger partial charge in [0.25, 0.3) is 0 Å². The van der Waals surface area contributed by atoms with Gasteiger partial charge in [0.2, 0.25) is 0 Å². The summed E-state index contributed by atoms with van der Waals surface area (Å²) in [4.78, 5) is 7.06. The van der Waals surface area contributed by atoms with Crippen molar-refractivity contribution in [3.63, 3.8) is 0 Å². The molecule has 1 aromatic heterocycles. The number of nitrogens with two attached hydrogens (primary N) is 1. The van der Waals surface area contributed by atoms with Crippen molar-refractivity contribution in [3.8, 4) is 0 Å². The summed E-state index contributed by atoms with van der Waals surface area (Å²) < 4.78 is 0. The first-order chi connectivity index (χ1) is 6.70. The molecule has 14 heavy (non-hydrogen) atoms. The van der Waals surface area contributed by atoms with Crippen LogP contribution in [0.4, 0.5) is 0 Å². The van der Waals surface area contributed by atoms with Gasteiger partial charge in [-0.25, -0.2) is 4.98 Å². The Labute approximate surface area is 85.4 Å². The zero-order valence-corrected chi connectivity index (χ0v) is 8.79. The highest BCUT2D eigenvalue weighted by atomic mass is 14.9. The van der Waals surface area contributed by atoms with Crippen LogP contribution in [0, 0.1) is 0 Å². The molecule has 3 heteroatoms. The summed E-state index contributed by atoms with van der Waals surface area (Å²) in [5.41, 5.74) is 8.13. The lowest BCUT2D eigenvalue weighted by molar-refractivity contribution is 0.611. The Hall–Kier alpha value is -1.09. The minimum atomic E-state index is 0.164. The fourth-order valence-corrected chi connectivity index (χ4v) is 1.35. The number of aromatic nitrogens is 2. The van der Waals surface area contributed by atoms with Crippen molar-refractivity contribution in [2.75, 3.05) is 0 Å². The fourth-order valence-electron chi connectivity index (χ4n) is 1.35. The van der Waals surface area contributed by atoms with Crippen LogP contribution in [0.15, 0.2) is 24.7 Å². The maximum atomic E-state index is 5.86. The quantitative estimate of drug-likeness (QED) is 0.536. The van der Waals surface area contributed by atoms with Gasteiger partial charge in [0.05, 0.1) is 6.33 Å². The van der Waals surface area contributed by atoms with Gasteiger partial charge < -0.3 is 10.7 Å². The van der Waals surface area contributed by atoms with E-state index < -0.39 is 0 Å². The van der Waals surface area contributed by atoms with Gasteiger partial charge in [-0.1, -0.05) is 18.6 Å². The predicted octanol–water partition coefficient (Wildman–Crippen LogP) is 2.03. The lowest BCUT2D eigenvalue weighted by Gasteiger charge is -2.09. The van der Waals surface area contributed by atoms with Crippen molar-refractivity contribution in [1.29, 1.82) is 0 Å². The molecular weight excluding hydrogens is 174 g/mol. The van der Waals surface area contributed by atoms with E-state index in [1.807, 2.05) is 13.1 Å². The van der Waals surface area contributed by atoms with Crippen LogP contribution in [-0.2, 0) is 6.42 Å². The largest absolute Gasteiger partial charge is 0.348 e. The van der Waals surface area contributed by atoms with Crippen LogP contribution in [0.25, 0.3) is 0 Å². The Morgan fingerprint density at radius 1 is 1.64 bits per heavy atom. The molecule has 0 saturated heterocycles. The Morgan fingerprint density at radius 3 is 3.00 bits per heavy atom. The minimum absolute atomic E-state index is 0.164. The van der Waals surface area contributed by atoms with Crippen LogP contribution in [0.5, 0.6) is 0 Å². The SMILES string of the molecule is C=C(C)C(N)CCCCc1cnc[nH]1. The van der Waals surface area contributed by atoms with Gasteiger partial charge in [-0.2, -0.15) is 0 Å². The van der Waals surface area contributed by atoms with Crippen molar-refractivity contribution >= 4 is 0 Å². The van der Waals surface area contributed by atoms with E-state index in [9.17, 15) is 0 Å². The fraction of sp³-hybridized carbons (Fsp3) is 0.545. The zero-order valence-electron chi connectivity index (χ0n) is 8.79. The van der Waals surface area contributed by atoms with Crippen molar-refractivity contribution in [2.45, 2.75) is 38.6 Å². The molecule has 0 aromatic carbocycles. The highest BCUT2D eigenvalue weighted by Gasteiger charge is 2.02. The molecule has 0 bridgehead atoms. The molecular formula is C11H19N3. The number of unbranched alkanes of at least 4 members (excludes halogenated alkanes) is 1. The van der Waals surface area contributed by atoms with E-state index in [2.05, 4.69) is 16.5 Å². The molecule has 0 radical (unpaired) electrons. The van der Waals surface area contributed by atoms with Crippen LogP contribution in [0.1, 0.15) is 31.9 Å². The van der Waals surface area contributed by atoms with E-state index in [0.29, 0.717) is 0 Å². The van der Waals surface area contributed by atoms with Gasteiger partial charge in [-0.3, -0.25) is 0 Å². The topological polar surface area (TPSA) is 54.7 Å². The van der Waals surface area contributed by atoms with E-state index in [0.717, 1.165) is 31.3 Å². The molecule has 78 valence electrons. The standard InChI is InChI=1S/C11H19N3/c1-9(2)11(12)6-4-3-5-10-7-13-8-14-10/h7-8,11H,1,3-6,12H2,2H3,(H,13,14). The van der Waals surface area contributed by atoms with Crippen LogP contribution in [0.3, 0.4) is 0 Å². The second kappa shape index (κ2) is 5.60. The number of nitrogens with one attached hydrogen (secondary N) is 1. The first-order valence-electron chi connectivity index (χ1n) is 5.08. The van der Waals surface area contributed by atoms with Crippen LogP contribution in [0.2, 0.25) is 0 Å². The smallest absolute Gasteiger partial charge is 0.0921 e. The Morgan fingerprint density at radius 2 is 2.43 bits per heavy atom. The summed E-state index contributed by atoms with van der Waals surface area (Å²) in [7, 11) is 0. The Kier molecular flexibility index (Phi) is 4.40. The molecule has 0 fully saturated rings.